The second kappa shape index (κ2) is 8.88. The fourth-order valence-electron chi connectivity index (χ4n) is 3.17. The molecule has 2 aromatic carbocycles. The molecule has 1 fully saturated rings. The van der Waals surface area contributed by atoms with E-state index in [1.165, 1.54) is 12.1 Å². The lowest BCUT2D eigenvalue weighted by Gasteiger charge is -2.17. The summed E-state index contributed by atoms with van der Waals surface area (Å²) in [7, 11) is 0. The lowest BCUT2D eigenvalue weighted by atomic mass is 9.86. The van der Waals surface area contributed by atoms with Crippen LogP contribution in [0.3, 0.4) is 0 Å². The van der Waals surface area contributed by atoms with Crippen molar-refractivity contribution in [3.63, 3.8) is 0 Å². The molecule has 0 amide bonds. The Morgan fingerprint density at radius 2 is 1.21 bits per heavy atom. The minimum atomic E-state index is -1.02. The molecule has 0 bridgehead atoms. The normalized spacial score (nSPS) is 17.0. The van der Waals surface area contributed by atoms with Crippen molar-refractivity contribution in [3.8, 4) is 0 Å². The predicted molar refractivity (Wildman–Crippen MR) is 117 cm³/mol. The van der Waals surface area contributed by atoms with Crippen LogP contribution in [0.5, 0.6) is 0 Å². The molecule has 1 saturated carbocycles. The molecule has 0 unspecified atom stereocenters. The van der Waals surface area contributed by atoms with Gasteiger partial charge >= 0.3 is 11.9 Å². The van der Waals surface area contributed by atoms with E-state index in [-0.39, 0.29) is 16.9 Å². The summed E-state index contributed by atoms with van der Waals surface area (Å²) in [5, 5.41) is 18.2. The van der Waals surface area contributed by atoms with Gasteiger partial charge in [-0.05, 0) is 98.7 Å². The number of carboxylic acid groups (broad SMARTS) is 2. The van der Waals surface area contributed by atoms with Gasteiger partial charge in [0.2, 0.25) is 0 Å². The van der Waals surface area contributed by atoms with Crippen LogP contribution in [0.1, 0.15) is 51.1 Å². The molecule has 0 aliphatic heterocycles. The molecule has 148 valence electrons. The number of allylic oxidation sites excluding steroid dienone is 2. The quantitative estimate of drug-likeness (QED) is 0.496. The molecular formula is C22H16Br2O5. The van der Waals surface area contributed by atoms with Crippen LogP contribution < -0.4 is 0 Å². The van der Waals surface area contributed by atoms with Crippen LogP contribution in [-0.2, 0) is 4.79 Å². The van der Waals surface area contributed by atoms with Crippen molar-refractivity contribution in [2.45, 2.75) is 19.3 Å². The molecule has 0 heterocycles. The van der Waals surface area contributed by atoms with Crippen LogP contribution in [-0.4, -0.2) is 27.9 Å². The maximum Gasteiger partial charge on any atom is 0.336 e. The molecule has 2 aromatic rings. The summed E-state index contributed by atoms with van der Waals surface area (Å²) in [6.07, 6.45) is 5.70. The number of halogens is 2. The third-order valence-corrected chi connectivity index (χ3v) is 5.92. The number of carbonyl (C=O) groups is 3. The lowest BCUT2D eigenvalue weighted by Crippen LogP contribution is -2.12. The maximum atomic E-state index is 12.9. The van der Waals surface area contributed by atoms with Crippen LogP contribution in [0, 0.1) is 0 Å². The van der Waals surface area contributed by atoms with E-state index in [4.69, 9.17) is 10.2 Å². The van der Waals surface area contributed by atoms with E-state index in [1.807, 2.05) is 0 Å². The Kier molecular flexibility index (Phi) is 6.49. The molecule has 0 saturated heterocycles. The summed E-state index contributed by atoms with van der Waals surface area (Å²) in [6, 6.07) is 9.73. The first-order valence-corrected chi connectivity index (χ1v) is 10.4. The van der Waals surface area contributed by atoms with Crippen LogP contribution in [0.25, 0.3) is 12.2 Å². The van der Waals surface area contributed by atoms with E-state index in [1.54, 1.807) is 36.4 Å². The fraction of sp³-hybridized carbons (Fsp3) is 0.136. The second-order valence-corrected chi connectivity index (χ2v) is 8.32. The first-order valence-electron chi connectivity index (χ1n) is 8.78. The number of benzene rings is 2. The van der Waals surface area contributed by atoms with E-state index in [0.29, 0.717) is 32.9 Å². The van der Waals surface area contributed by atoms with Crippen molar-refractivity contribution < 1.29 is 24.6 Å². The number of hydrogen-bond acceptors (Lipinski definition) is 3. The highest BCUT2D eigenvalue weighted by molar-refractivity contribution is 9.10. The van der Waals surface area contributed by atoms with Gasteiger partial charge in [0.05, 0.1) is 11.1 Å². The summed E-state index contributed by atoms with van der Waals surface area (Å²) >= 11 is 6.51. The molecule has 0 spiro atoms. The van der Waals surface area contributed by atoms with Gasteiger partial charge in [0.25, 0.3) is 0 Å². The molecule has 1 aliphatic carbocycles. The van der Waals surface area contributed by atoms with Crippen LogP contribution >= 0.6 is 31.9 Å². The third kappa shape index (κ3) is 4.92. The highest BCUT2D eigenvalue weighted by Gasteiger charge is 2.21. The van der Waals surface area contributed by atoms with Gasteiger partial charge in [0, 0.05) is 20.1 Å². The van der Waals surface area contributed by atoms with E-state index in [0.717, 1.165) is 17.5 Å². The minimum Gasteiger partial charge on any atom is -0.478 e. The summed E-state index contributed by atoms with van der Waals surface area (Å²) in [5.41, 5.74) is 3.16. The van der Waals surface area contributed by atoms with E-state index in [9.17, 15) is 14.4 Å². The van der Waals surface area contributed by atoms with E-state index < -0.39 is 11.9 Å². The second-order valence-electron chi connectivity index (χ2n) is 6.61. The van der Waals surface area contributed by atoms with Gasteiger partial charge in [-0.2, -0.15) is 0 Å². The zero-order valence-corrected chi connectivity index (χ0v) is 18.3. The van der Waals surface area contributed by atoms with Gasteiger partial charge in [-0.1, -0.05) is 12.1 Å². The highest BCUT2D eigenvalue weighted by atomic mass is 79.9. The number of rotatable bonds is 4. The first-order chi connectivity index (χ1) is 13.8. The molecular weight excluding hydrogens is 504 g/mol. The van der Waals surface area contributed by atoms with Crippen LogP contribution in [0.2, 0.25) is 0 Å². The number of ketones is 1. The Balaban J connectivity index is 1.88. The number of carboxylic acids is 2. The molecule has 29 heavy (non-hydrogen) atoms. The Morgan fingerprint density at radius 1 is 0.793 bits per heavy atom. The SMILES string of the molecule is O=C1/C(=C/c2ccc(C(=O)O)c(Br)c2)CCC/C1=C\c1ccc(C(=O)O)c(Br)c1. The van der Waals surface area contributed by atoms with Gasteiger partial charge < -0.3 is 10.2 Å². The number of carbonyl (C=O) groups excluding carboxylic acids is 1. The number of hydrogen-bond donors (Lipinski definition) is 2. The Bertz CT molecular complexity index is 999. The standard InChI is InChI=1S/C22H16Br2O5/c23-18-10-12(4-6-16(18)21(26)27)8-14-2-1-3-15(20(14)25)9-13-5-7-17(22(28)29)19(24)11-13/h4-11H,1-3H2,(H,26,27)(H,28,29)/b14-8+,15-9+. The van der Waals surface area contributed by atoms with Crippen LogP contribution in [0.4, 0.5) is 0 Å². The first kappa shape index (κ1) is 21.2. The smallest absolute Gasteiger partial charge is 0.336 e. The largest absolute Gasteiger partial charge is 0.478 e. The Morgan fingerprint density at radius 3 is 1.55 bits per heavy atom. The minimum absolute atomic E-state index is 0.0480. The molecule has 5 nitrogen and oxygen atoms in total. The van der Waals surface area contributed by atoms with Crippen molar-refractivity contribution in [3.05, 3.63) is 78.7 Å². The monoisotopic (exact) mass is 518 g/mol. The molecule has 2 N–H and O–H groups in total. The molecule has 0 aromatic heterocycles. The van der Waals surface area contributed by atoms with Crippen molar-refractivity contribution in [2.24, 2.45) is 0 Å². The Labute approximate surface area is 184 Å². The summed E-state index contributed by atoms with van der Waals surface area (Å²) in [6.45, 7) is 0. The maximum absolute atomic E-state index is 12.9. The summed E-state index contributed by atoms with van der Waals surface area (Å²) in [4.78, 5) is 35.2. The molecule has 1 aliphatic rings. The van der Waals surface area contributed by atoms with Crippen molar-refractivity contribution in [1.29, 1.82) is 0 Å². The molecule has 0 radical (unpaired) electrons. The number of aromatic carboxylic acids is 2. The number of Topliss-reactive ketones (excluding diaryl/α,β-unsaturated/α-hetero) is 1. The Hall–Kier alpha value is -2.51. The van der Waals surface area contributed by atoms with Crippen molar-refractivity contribution >= 4 is 61.7 Å². The zero-order chi connectivity index (χ0) is 21.1. The average Bonchev–Trinajstić information content (AvgIpc) is 2.64. The topological polar surface area (TPSA) is 91.7 Å². The average molecular weight is 520 g/mol. The van der Waals surface area contributed by atoms with E-state index in [2.05, 4.69) is 31.9 Å². The fourth-order valence-corrected chi connectivity index (χ4v) is 4.30. The van der Waals surface area contributed by atoms with Crippen LogP contribution in [0.15, 0.2) is 56.5 Å². The van der Waals surface area contributed by atoms with Gasteiger partial charge in [-0.3, -0.25) is 4.79 Å². The van der Waals surface area contributed by atoms with Crippen molar-refractivity contribution in [1.82, 2.24) is 0 Å². The van der Waals surface area contributed by atoms with E-state index >= 15 is 0 Å². The lowest BCUT2D eigenvalue weighted by molar-refractivity contribution is -0.112. The predicted octanol–water partition coefficient (Wildman–Crippen LogP) is 5.83. The van der Waals surface area contributed by atoms with Crippen molar-refractivity contribution in [2.75, 3.05) is 0 Å². The molecule has 0 atom stereocenters. The van der Waals surface area contributed by atoms with Gasteiger partial charge in [-0.15, -0.1) is 0 Å². The molecule has 7 heteroatoms. The molecule has 3 rings (SSSR count). The van der Waals surface area contributed by atoms with Gasteiger partial charge in [0.15, 0.2) is 5.78 Å². The highest BCUT2D eigenvalue weighted by Crippen LogP contribution is 2.30. The third-order valence-electron chi connectivity index (χ3n) is 4.60. The summed E-state index contributed by atoms with van der Waals surface area (Å²) < 4.78 is 0.920. The summed E-state index contributed by atoms with van der Waals surface area (Å²) in [5.74, 6) is -2.08. The zero-order valence-electron chi connectivity index (χ0n) is 15.1. The van der Waals surface area contributed by atoms with Gasteiger partial charge in [-0.25, -0.2) is 9.59 Å². The van der Waals surface area contributed by atoms with Gasteiger partial charge in [0.1, 0.15) is 0 Å².